The van der Waals surface area contributed by atoms with Gasteiger partial charge in [-0.25, -0.2) is 22.9 Å². The number of hydrogen-bond donors (Lipinski definition) is 3. The first-order valence-corrected chi connectivity index (χ1v) is 17.0. The molecular weight excluding hydrogens is 725 g/mol. The second-order valence-corrected chi connectivity index (χ2v) is 14.7. The first-order valence-electron chi connectivity index (χ1n) is 16.6. The highest BCUT2D eigenvalue weighted by Crippen LogP contribution is 2.42. The van der Waals surface area contributed by atoms with Gasteiger partial charge in [0, 0.05) is 23.7 Å². The van der Waals surface area contributed by atoms with Gasteiger partial charge >= 0.3 is 12.6 Å². The highest BCUT2D eigenvalue weighted by Gasteiger charge is 2.55. The van der Waals surface area contributed by atoms with Crippen LogP contribution in [0.1, 0.15) is 76.7 Å². The van der Waals surface area contributed by atoms with Crippen molar-refractivity contribution in [3.63, 3.8) is 0 Å². The highest BCUT2D eigenvalue weighted by atomic mass is 35.5. The van der Waals surface area contributed by atoms with Crippen LogP contribution < -0.4 is 10.6 Å². The zero-order chi connectivity index (χ0) is 38.5. The maximum absolute atomic E-state index is 15.7. The molecule has 3 N–H and O–H groups in total. The first-order chi connectivity index (χ1) is 24.9. The number of nitrogens with zero attached hydrogens (tertiary/aromatic N) is 6. The van der Waals surface area contributed by atoms with Crippen molar-refractivity contribution in [1.29, 1.82) is 5.41 Å². The molecule has 1 saturated carbocycles. The van der Waals surface area contributed by atoms with E-state index < -0.39 is 66.8 Å². The standard InChI is InChI=1S/C35H37ClF5N9O3/c1-33(2,41)17-35(22-8-5-19(6-9-22)21-14-44-48(15-21)23-10-11-23)29(51)49(31(42)46-35)26(16-53-32(52)47-34(3,4)28(37)38)20-7-12-25(36)24(13-20)27-43-18-45-50(27)30(39)40/h5-9,12-15,18,23,26,28,30H,10-11,16-17H2,1-4H3,(H2,42,46)(H,47,52)/t26-,35-/m1/s1. The normalized spacial score (nSPS) is 18.5. The van der Waals surface area contributed by atoms with E-state index in [1.807, 2.05) is 10.9 Å². The monoisotopic (exact) mass is 761 g/mol. The number of halogens is 6. The molecule has 4 aromatic rings. The Balaban J connectivity index is 1.39. The number of alkyl carbamates (subject to hydrolysis) is 1. The lowest BCUT2D eigenvalue weighted by Crippen LogP contribution is -2.50. The summed E-state index contributed by atoms with van der Waals surface area (Å²) in [5.74, 6) is -1.61. The molecule has 18 heteroatoms. The fourth-order valence-corrected chi connectivity index (χ4v) is 6.48. The Morgan fingerprint density at radius 2 is 1.79 bits per heavy atom. The highest BCUT2D eigenvalue weighted by molar-refractivity contribution is 6.33. The van der Waals surface area contributed by atoms with Gasteiger partial charge in [-0.05, 0) is 69.4 Å². The van der Waals surface area contributed by atoms with Gasteiger partial charge in [0.1, 0.15) is 24.1 Å². The minimum atomic E-state index is -3.09. The van der Waals surface area contributed by atoms with Gasteiger partial charge in [0.05, 0.1) is 28.8 Å². The van der Waals surface area contributed by atoms with Crippen molar-refractivity contribution in [3.8, 4) is 22.5 Å². The van der Waals surface area contributed by atoms with E-state index in [1.165, 1.54) is 32.0 Å². The summed E-state index contributed by atoms with van der Waals surface area (Å²) in [4.78, 5) is 32.5. The summed E-state index contributed by atoms with van der Waals surface area (Å²) in [5.41, 5.74) is -3.71. The van der Waals surface area contributed by atoms with Crippen molar-refractivity contribution < 1.29 is 36.3 Å². The molecule has 0 bridgehead atoms. The molecule has 1 aliphatic heterocycles. The van der Waals surface area contributed by atoms with Crippen molar-refractivity contribution in [3.05, 3.63) is 77.3 Å². The van der Waals surface area contributed by atoms with E-state index in [4.69, 9.17) is 21.7 Å². The van der Waals surface area contributed by atoms with Crippen LogP contribution in [0.3, 0.4) is 0 Å². The topological polar surface area (TPSA) is 143 Å². The smallest absolute Gasteiger partial charge is 0.407 e. The van der Waals surface area contributed by atoms with E-state index in [2.05, 4.69) is 25.8 Å². The van der Waals surface area contributed by atoms with Crippen molar-refractivity contribution in [2.24, 2.45) is 0 Å². The molecule has 0 spiro atoms. The average molecular weight is 762 g/mol. The number of benzene rings is 2. The molecule has 1 aliphatic carbocycles. The lowest BCUT2D eigenvalue weighted by Gasteiger charge is -2.33. The SMILES string of the molecule is CC(C)(F)C[C@]1(c2ccc(-c3cnn(C4CC4)c3)cc2)NC(=N)N([C@H](COC(=O)NC(C)(C)C(F)F)c2ccc(Cl)c(-c3ncnn3C(F)F)c2)C1=O. The van der Waals surface area contributed by atoms with Crippen LogP contribution >= 0.6 is 11.6 Å². The molecule has 2 aromatic carbocycles. The quantitative estimate of drug-likeness (QED) is 0.121. The number of alkyl halides is 5. The van der Waals surface area contributed by atoms with E-state index in [1.54, 1.807) is 30.5 Å². The molecule has 2 fully saturated rings. The molecule has 0 radical (unpaired) electrons. The van der Waals surface area contributed by atoms with Crippen LogP contribution in [0.2, 0.25) is 5.02 Å². The van der Waals surface area contributed by atoms with Crippen molar-refractivity contribution >= 4 is 29.6 Å². The Kier molecular flexibility index (Phi) is 10.00. The fraction of sp³-hybridized carbons (Fsp3) is 0.429. The predicted octanol–water partition coefficient (Wildman–Crippen LogP) is 7.40. The van der Waals surface area contributed by atoms with E-state index in [9.17, 15) is 27.2 Å². The van der Waals surface area contributed by atoms with Crippen LogP contribution in [-0.2, 0) is 15.1 Å². The third kappa shape index (κ3) is 7.70. The molecule has 2 aliphatic rings. The minimum absolute atomic E-state index is 0.0167. The van der Waals surface area contributed by atoms with Crippen LogP contribution in [0.15, 0.2) is 61.2 Å². The molecule has 12 nitrogen and oxygen atoms in total. The van der Waals surface area contributed by atoms with Crippen LogP contribution in [0.25, 0.3) is 22.5 Å². The lowest BCUT2D eigenvalue weighted by molar-refractivity contribution is -0.135. The van der Waals surface area contributed by atoms with Gasteiger partial charge in [0.2, 0.25) is 0 Å². The molecular formula is C35H37ClF5N9O3. The number of hydrogen-bond acceptors (Lipinski definition) is 7. The minimum Gasteiger partial charge on any atom is -0.447 e. The lowest BCUT2D eigenvalue weighted by atomic mass is 9.80. The second kappa shape index (κ2) is 14.1. The Hall–Kier alpha value is -5.06. The summed E-state index contributed by atoms with van der Waals surface area (Å²) in [6.45, 7) is 0.956. The summed E-state index contributed by atoms with van der Waals surface area (Å²) in [7, 11) is 0. The Morgan fingerprint density at radius 1 is 1.09 bits per heavy atom. The van der Waals surface area contributed by atoms with Crippen LogP contribution in [0, 0.1) is 5.41 Å². The molecule has 2 aromatic heterocycles. The number of ether oxygens (including phenoxy) is 1. The van der Waals surface area contributed by atoms with E-state index in [0.29, 0.717) is 16.3 Å². The molecule has 0 unspecified atom stereocenters. The molecule has 2 atom stereocenters. The molecule has 53 heavy (non-hydrogen) atoms. The fourth-order valence-electron chi connectivity index (χ4n) is 6.28. The van der Waals surface area contributed by atoms with Gasteiger partial charge in [-0.15, -0.1) is 0 Å². The number of guanidine groups is 1. The summed E-state index contributed by atoms with van der Waals surface area (Å²) in [5, 5.41) is 22.0. The molecule has 6 rings (SSSR count). The van der Waals surface area contributed by atoms with Gasteiger partial charge in [-0.3, -0.25) is 19.8 Å². The predicted molar refractivity (Wildman–Crippen MR) is 184 cm³/mol. The van der Waals surface area contributed by atoms with E-state index in [-0.39, 0.29) is 22.0 Å². The Labute approximate surface area is 306 Å². The van der Waals surface area contributed by atoms with Crippen LogP contribution in [0.4, 0.5) is 26.7 Å². The van der Waals surface area contributed by atoms with Crippen LogP contribution in [0.5, 0.6) is 0 Å². The summed E-state index contributed by atoms with van der Waals surface area (Å²) >= 11 is 6.42. The first kappa shape index (κ1) is 37.7. The van der Waals surface area contributed by atoms with Gasteiger partial charge in [0.15, 0.2) is 11.8 Å². The average Bonchev–Trinajstić information content (AvgIpc) is 3.49. The van der Waals surface area contributed by atoms with Crippen molar-refractivity contribution in [2.75, 3.05) is 6.61 Å². The maximum atomic E-state index is 15.7. The number of amides is 2. The van der Waals surface area contributed by atoms with Crippen LogP contribution in [-0.4, -0.2) is 71.6 Å². The van der Waals surface area contributed by atoms with E-state index in [0.717, 1.165) is 49.0 Å². The number of nitrogens with one attached hydrogen (secondary N) is 3. The Morgan fingerprint density at radius 3 is 2.42 bits per heavy atom. The van der Waals surface area contributed by atoms with Gasteiger partial charge < -0.3 is 15.4 Å². The summed E-state index contributed by atoms with van der Waals surface area (Å²) in [6.07, 6.45) is 2.02. The summed E-state index contributed by atoms with van der Waals surface area (Å²) in [6, 6.07) is 9.89. The second-order valence-electron chi connectivity index (χ2n) is 14.3. The molecule has 282 valence electrons. The van der Waals surface area contributed by atoms with Gasteiger partial charge in [0.25, 0.3) is 12.3 Å². The van der Waals surface area contributed by atoms with Crippen molar-refractivity contribution in [1.82, 2.24) is 40.1 Å². The van der Waals surface area contributed by atoms with Crippen molar-refractivity contribution in [2.45, 2.75) is 88.8 Å². The van der Waals surface area contributed by atoms with Gasteiger partial charge in [-0.2, -0.15) is 23.7 Å². The molecule has 1 saturated heterocycles. The molecule has 3 heterocycles. The number of rotatable bonds is 13. The molecule has 2 amide bonds. The number of carbonyl (C=O) groups excluding carboxylic acids is 2. The third-order valence-corrected chi connectivity index (χ3v) is 9.43. The maximum Gasteiger partial charge on any atom is 0.407 e. The van der Waals surface area contributed by atoms with Gasteiger partial charge in [-0.1, -0.05) is 41.9 Å². The number of carbonyl (C=O) groups is 2. The Bertz CT molecular complexity index is 2010. The van der Waals surface area contributed by atoms with E-state index >= 15 is 4.39 Å². The zero-order valence-corrected chi connectivity index (χ0v) is 29.8. The third-order valence-electron chi connectivity index (χ3n) is 9.10. The number of aromatic nitrogens is 5. The largest absolute Gasteiger partial charge is 0.447 e. The zero-order valence-electron chi connectivity index (χ0n) is 29.1. The summed E-state index contributed by atoms with van der Waals surface area (Å²) < 4.78 is 78.0.